The summed E-state index contributed by atoms with van der Waals surface area (Å²) in [6.45, 7) is 0. The number of benzene rings is 2. The monoisotopic (exact) mass is 543 g/mol. The van der Waals surface area contributed by atoms with Gasteiger partial charge in [0.05, 0.1) is 40.9 Å². The molecule has 2 aliphatic rings. The zero-order valence-corrected chi connectivity index (χ0v) is 23.1. The van der Waals surface area contributed by atoms with Crippen molar-refractivity contribution in [2.45, 2.75) is 69.7 Å². The van der Waals surface area contributed by atoms with E-state index >= 15 is 0 Å². The topological polar surface area (TPSA) is 79.4 Å². The van der Waals surface area contributed by atoms with E-state index in [1.165, 1.54) is 12.8 Å². The van der Waals surface area contributed by atoms with Gasteiger partial charge in [0.15, 0.2) is 0 Å². The quantitative estimate of drug-likeness (QED) is 0.337. The molecule has 2 saturated carbocycles. The lowest BCUT2D eigenvalue weighted by molar-refractivity contribution is -0.135. The van der Waals surface area contributed by atoms with E-state index in [-0.39, 0.29) is 17.7 Å². The lowest BCUT2D eigenvalue weighted by atomic mass is 9.63. The van der Waals surface area contributed by atoms with Gasteiger partial charge in [-0.25, -0.2) is 4.98 Å². The van der Waals surface area contributed by atoms with Crippen LogP contribution in [0.2, 0.25) is 10.0 Å². The molecule has 2 fully saturated rings. The highest BCUT2D eigenvalue weighted by Gasteiger charge is 2.53. The summed E-state index contributed by atoms with van der Waals surface area (Å²) in [6, 6.07) is 9.28. The summed E-state index contributed by atoms with van der Waals surface area (Å²) in [4.78, 5) is 19.1. The summed E-state index contributed by atoms with van der Waals surface area (Å²) in [5.74, 6) is 1.86. The Morgan fingerprint density at radius 2 is 1.51 bits per heavy atom. The zero-order chi connectivity index (χ0) is 26.2. The molecule has 3 aromatic rings. The SMILES string of the molecule is COc1ccc(-c2nc3cc(Cl)c(Cl)cc3n2C(C(N)=O)(C2CCCCC2)C2CCCCC2)c(OC)c1. The molecule has 1 amide bonds. The molecule has 8 heteroatoms. The molecule has 0 spiro atoms. The second kappa shape index (κ2) is 10.7. The Labute approximate surface area is 228 Å². The lowest BCUT2D eigenvalue weighted by Gasteiger charge is -2.48. The number of fused-ring (bicyclic) bond motifs is 1. The van der Waals surface area contributed by atoms with Gasteiger partial charge in [-0.1, -0.05) is 61.7 Å². The molecule has 0 unspecified atom stereocenters. The van der Waals surface area contributed by atoms with Crippen molar-refractivity contribution < 1.29 is 14.3 Å². The van der Waals surface area contributed by atoms with E-state index in [0.717, 1.165) is 62.4 Å². The fourth-order valence-corrected chi connectivity index (χ4v) is 7.22. The molecule has 6 nitrogen and oxygen atoms in total. The number of primary amides is 1. The molecule has 2 aliphatic carbocycles. The van der Waals surface area contributed by atoms with Crippen LogP contribution in [0.3, 0.4) is 0 Å². The highest BCUT2D eigenvalue weighted by Crippen LogP contribution is 2.51. The van der Waals surface area contributed by atoms with Crippen LogP contribution in [0, 0.1) is 11.8 Å². The first-order valence-electron chi connectivity index (χ1n) is 13.3. The Morgan fingerprint density at radius 1 is 0.919 bits per heavy atom. The summed E-state index contributed by atoms with van der Waals surface area (Å²) in [7, 11) is 3.25. The maximum Gasteiger partial charge on any atom is 0.244 e. The predicted molar refractivity (Wildman–Crippen MR) is 149 cm³/mol. The molecule has 1 aromatic heterocycles. The summed E-state index contributed by atoms with van der Waals surface area (Å²) in [6.07, 6.45) is 10.6. The van der Waals surface area contributed by atoms with Crippen LogP contribution in [0.1, 0.15) is 64.2 Å². The number of hydrogen-bond donors (Lipinski definition) is 1. The highest BCUT2D eigenvalue weighted by molar-refractivity contribution is 6.42. The molecule has 0 radical (unpaired) electrons. The highest BCUT2D eigenvalue weighted by atomic mass is 35.5. The average Bonchev–Trinajstić information content (AvgIpc) is 3.28. The van der Waals surface area contributed by atoms with E-state index in [1.807, 2.05) is 24.3 Å². The molecule has 0 saturated heterocycles. The summed E-state index contributed by atoms with van der Waals surface area (Å²) >= 11 is 13.0. The van der Waals surface area contributed by atoms with Crippen molar-refractivity contribution in [1.82, 2.24) is 9.55 Å². The number of nitrogens with zero attached hydrogens (tertiary/aromatic N) is 2. The second-order valence-corrected chi connectivity index (χ2v) is 11.3. The first kappa shape index (κ1) is 26.2. The van der Waals surface area contributed by atoms with Crippen LogP contribution in [-0.4, -0.2) is 29.7 Å². The van der Waals surface area contributed by atoms with Gasteiger partial charge in [-0.3, -0.25) is 4.79 Å². The van der Waals surface area contributed by atoms with Gasteiger partial charge in [0, 0.05) is 6.07 Å². The van der Waals surface area contributed by atoms with Gasteiger partial charge >= 0.3 is 0 Å². The number of methoxy groups -OCH3 is 2. The molecule has 5 rings (SSSR count). The molecule has 0 bridgehead atoms. The number of carbonyl (C=O) groups excluding carboxylic acids is 1. The first-order chi connectivity index (χ1) is 17.9. The second-order valence-electron chi connectivity index (χ2n) is 10.5. The van der Waals surface area contributed by atoms with Crippen molar-refractivity contribution in [3.63, 3.8) is 0 Å². The van der Waals surface area contributed by atoms with Crippen LogP contribution >= 0.6 is 23.2 Å². The molecule has 2 aromatic carbocycles. The number of rotatable bonds is 7. The third-order valence-electron chi connectivity index (χ3n) is 8.57. The fourth-order valence-electron chi connectivity index (χ4n) is 6.91. The largest absolute Gasteiger partial charge is 0.497 e. The van der Waals surface area contributed by atoms with Crippen molar-refractivity contribution in [2.75, 3.05) is 14.2 Å². The van der Waals surface area contributed by atoms with E-state index in [2.05, 4.69) is 4.57 Å². The maximum atomic E-state index is 14.0. The first-order valence-corrected chi connectivity index (χ1v) is 14.1. The molecular formula is C29H35Cl2N3O3. The van der Waals surface area contributed by atoms with Crippen molar-refractivity contribution in [3.8, 4) is 22.9 Å². The van der Waals surface area contributed by atoms with Gasteiger partial charge < -0.3 is 19.8 Å². The number of halogens is 2. The van der Waals surface area contributed by atoms with E-state index in [4.69, 9.17) is 43.4 Å². The Morgan fingerprint density at radius 3 is 2.05 bits per heavy atom. The van der Waals surface area contributed by atoms with Crippen molar-refractivity contribution in [1.29, 1.82) is 0 Å². The van der Waals surface area contributed by atoms with Crippen LogP contribution in [0.25, 0.3) is 22.4 Å². The van der Waals surface area contributed by atoms with Crippen LogP contribution < -0.4 is 15.2 Å². The van der Waals surface area contributed by atoms with E-state index in [9.17, 15) is 4.79 Å². The molecule has 2 N–H and O–H groups in total. The van der Waals surface area contributed by atoms with Crippen LogP contribution in [0.5, 0.6) is 11.5 Å². The summed E-state index contributed by atoms with van der Waals surface area (Å²) < 4.78 is 13.4. The van der Waals surface area contributed by atoms with Gasteiger partial charge in [-0.15, -0.1) is 0 Å². The lowest BCUT2D eigenvalue weighted by Crippen LogP contribution is -2.58. The minimum absolute atomic E-state index is 0.108. The molecule has 1 heterocycles. The van der Waals surface area contributed by atoms with Crippen LogP contribution in [-0.2, 0) is 10.3 Å². The Balaban J connectivity index is 1.88. The van der Waals surface area contributed by atoms with Crippen LogP contribution in [0.15, 0.2) is 30.3 Å². The van der Waals surface area contributed by atoms with E-state index < -0.39 is 5.54 Å². The van der Waals surface area contributed by atoms with E-state index in [1.54, 1.807) is 20.3 Å². The average molecular weight is 545 g/mol. The Bertz CT molecular complexity index is 1280. The third kappa shape index (κ3) is 4.46. The molecule has 37 heavy (non-hydrogen) atoms. The number of imidazole rings is 1. The molecule has 198 valence electrons. The number of ether oxygens (including phenoxy) is 2. The van der Waals surface area contributed by atoms with E-state index in [0.29, 0.717) is 32.9 Å². The number of nitrogens with two attached hydrogens (primary N) is 1. The van der Waals surface area contributed by atoms with Gasteiger partial charge in [0.1, 0.15) is 22.9 Å². The molecule has 0 atom stereocenters. The van der Waals surface area contributed by atoms with Gasteiger partial charge in [-0.2, -0.15) is 0 Å². The number of hydrogen-bond acceptors (Lipinski definition) is 4. The van der Waals surface area contributed by atoms with Crippen molar-refractivity contribution in [2.24, 2.45) is 17.6 Å². The predicted octanol–water partition coefficient (Wildman–Crippen LogP) is 7.37. The van der Waals surface area contributed by atoms with Gasteiger partial charge in [-0.05, 0) is 61.8 Å². The van der Waals surface area contributed by atoms with Crippen molar-refractivity contribution in [3.05, 3.63) is 40.4 Å². The minimum atomic E-state index is -0.937. The van der Waals surface area contributed by atoms with Crippen LogP contribution in [0.4, 0.5) is 0 Å². The minimum Gasteiger partial charge on any atom is -0.497 e. The molecule has 0 aliphatic heterocycles. The Kier molecular flexibility index (Phi) is 7.60. The summed E-state index contributed by atoms with van der Waals surface area (Å²) in [5.41, 5.74) is 7.83. The summed E-state index contributed by atoms with van der Waals surface area (Å²) in [5, 5.41) is 0.848. The number of carbonyl (C=O) groups is 1. The van der Waals surface area contributed by atoms with Crippen molar-refractivity contribution >= 4 is 40.1 Å². The van der Waals surface area contributed by atoms with Gasteiger partial charge in [0.2, 0.25) is 5.91 Å². The third-order valence-corrected chi connectivity index (χ3v) is 9.29. The zero-order valence-electron chi connectivity index (χ0n) is 21.6. The van der Waals surface area contributed by atoms with Gasteiger partial charge in [0.25, 0.3) is 0 Å². The smallest absolute Gasteiger partial charge is 0.244 e. The Hall–Kier alpha value is -2.44. The fraction of sp³-hybridized carbons (Fsp3) is 0.517. The number of aromatic nitrogens is 2. The normalized spacial score (nSPS) is 17.7. The standard InChI is InChI=1S/C29H35Cl2N3O3/c1-36-20-13-14-21(26(15-20)37-2)27-33-24-16-22(30)23(31)17-25(24)34(27)29(28(32)35,18-9-5-3-6-10-18)19-11-7-4-8-12-19/h13-19H,3-12H2,1-2H3,(H2,32,35). The molecular weight excluding hydrogens is 509 g/mol. The number of amides is 1. The maximum absolute atomic E-state index is 14.0.